The number of amides is 1. The molecule has 2 saturated heterocycles. The number of hydrogen-bond donors (Lipinski definition) is 0. The lowest BCUT2D eigenvalue weighted by molar-refractivity contribution is 0.0703. The van der Waals surface area contributed by atoms with Crippen molar-refractivity contribution in [2.75, 3.05) is 26.3 Å². The third-order valence-electron chi connectivity index (χ3n) is 7.16. The first-order valence-corrected chi connectivity index (χ1v) is 12.1. The minimum Gasteiger partial charge on any atom is -0.381 e. The zero-order valence-corrected chi connectivity index (χ0v) is 19.5. The molecule has 2 aromatic heterocycles. The van der Waals surface area contributed by atoms with Crippen LogP contribution in [0.5, 0.6) is 0 Å². The van der Waals surface area contributed by atoms with Crippen LogP contribution in [0.25, 0.3) is 11.3 Å². The van der Waals surface area contributed by atoms with Gasteiger partial charge >= 0.3 is 0 Å². The molecule has 4 heterocycles. The second-order valence-electron chi connectivity index (χ2n) is 9.08. The molecule has 0 spiro atoms. The Kier molecular flexibility index (Phi) is 6.31. The Balaban J connectivity index is 1.27. The largest absolute Gasteiger partial charge is 0.381 e. The molecule has 0 N–H and O–H groups in total. The standard InChI is InChI=1S/C26H32N4O3/c1-3-30-18(2)22(17-23(30)19-7-5-4-6-8-19)26(31)29-13-9-21(10-14-29)25-27-24(28-33-25)20-11-15-32-16-12-20/h4-8,17,20-21H,3,9-16H2,1-2H3. The quantitative estimate of drug-likeness (QED) is 0.562. The Morgan fingerprint density at radius 3 is 2.48 bits per heavy atom. The normalized spacial score (nSPS) is 18.1. The molecule has 7 nitrogen and oxygen atoms in total. The van der Waals surface area contributed by atoms with Crippen molar-refractivity contribution >= 4 is 5.91 Å². The Morgan fingerprint density at radius 2 is 1.79 bits per heavy atom. The molecule has 7 heteroatoms. The molecule has 0 atom stereocenters. The minimum atomic E-state index is 0.115. The molecule has 1 amide bonds. The highest BCUT2D eigenvalue weighted by molar-refractivity contribution is 5.97. The predicted octanol–water partition coefficient (Wildman–Crippen LogP) is 4.78. The SMILES string of the molecule is CCn1c(-c2ccccc2)cc(C(=O)N2CCC(c3nc(C4CCOCC4)no3)CC2)c1C. The van der Waals surface area contributed by atoms with E-state index in [-0.39, 0.29) is 11.8 Å². The highest BCUT2D eigenvalue weighted by Crippen LogP contribution is 2.32. The van der Waals surface area contributed by atoms with Gasteiger partial charge in [-0.2, -0.15) is 4.98 Å². The average molecular weight is 449 g/mol. The number of rotatable bonds is 5. The number of carbonyl (C=O) groups excluding carboxylic acids is 1. The second kappa shape index (κ2) is 9.51. The number of likely N-dealkylation sites (tertiary alicyclic amines) is 1. The summed E-state index contributed by atoms with van der Waals surface area (Å²) >= 11 is 0. The summed E-state index contributed by atoms with van der Waals surface area (Å²) in [6.45, 7) is 7.94. The van der Waals surface area contributed by atoms with Gasteiger partial charge in [0.1, 0.15) is 0 Å². The molecule has 33 heavy (non-hydrogen) atoms. The average Bonchev–Trinajstić information content (AvgIpc) is 3.50. The lowest BCUT2D eigenvalue weighted by atomic mass is 9.95. The highest BCUT2D eigenvalue weighted by atomic mass is 16.5. The van der Waals surface area contributed by atoms with Crippen LogP contribution in [0.4, 0.5) is 0 Å². The van der Waals surface area contributed by atoms with Crippen molar-refractivity contribution in [3.8, 4) is 11.3 Å². The number of nitrogens with zero attached hydrogens (tertiary/aromatic N) is 4. The number of hydrogen-bond acceptors (Lipinski definition) is 5. The van der Waals surface area contributed by atoms with Crippen molar-refractivity contribution in [1.29, 1.82) is 0 Å². The van der Waals surface area contributed by atoms with E-state index in [2.05, 4.69) is 34.8 Å². The van der Waals surface area contributed by atoms with Gasteiger partial charge in [0, 0.05) is 56.1 Å². The maximum absolute atomic E-state index is 13.4. The second-order valence-corrected chi connectivity index (χ2v) is 9.08. The van der Waals surface area contributed by atoms with Gasteiger partial charge in [0.25, 0.3) is 5.91 Å². The van der Waals surface area contributed by atoms with E-state index in [1.54, 1.807) is 0 Å². The van der Waals surface area contributed by atoms with Crippen LogP contribution in [0.2, 0.25) is 0 Å². The summed E-state index contributed by atoms with van der Waals surface area (Å²) in [6, 6.07) is 12.3. The lowest BCUT2D eigenvalue weighted by Gasteiger charge is -2.30. The lowest BCUT2D eigenvalue weighted by Crippen LogP contribution is -2.38. The fourth-order valence-electron chi connectivity index (χ4n) is 5.15. The summed E-state index contributed by atoms with van der Waals surface area (Å²) in [6.07, 6.45) is 3.60. The first-order valence-electron chi connectivity index (χ1n) is 12.1. The fraction of sp³-hybridized carbons (Fsp3) is 0.500. The Labute approximate surface area is 194 Å². The van der Waals surface area contributed by atoms with Crippen LogP contribution in [0.3, 0.4) is 0 Å². The van der Waals surface area contributed by atoms with Crippen molar-refractivity contribution in [3.63, 3.8) is 0 Å². The molecule has 2 aliphatic heterocycles. The fourth-order valence-corrected chi connectivity index (χ4v) is 5.15. The van der Waals surface area contributed by atoms with E-state index in [1.165, 1.54) is 0 Å². The molecular formula is C26H32N4O3. The van der Waals surface area contributed by atoms with E-state index < -0.39 is 0 Å². The number of aromatic nitrogens is 3. The zero-order chi connectivity index (χ0) is 22.8. The van der Waals surface area contributed by atoms with Gasteiger partial charge in [-0.1, -0.05) is 35.5 Å². The molecule has 3 aromatic rings. The van der Waals surface area contributed by atoms with Crippen molar-refractivity contribution in [2.24, 2.45) is 0 Å². The molecule has 5 rings (SSSR count). The Bertz CT molecular complexity index is 1090. The number of benzene rings is 1. The maximum atomic E-state index is 13.4. The van der Waals surface area contributed by atoms with Gasteiger partial charge in [0.2, 0.25) is 5.89 Å². The first kappa shape index (κ1) is 21.9. The molecule has 0 aliphatic carbocycles. The number of piperidine rings is 1. The highest BCUT2D eigenvalue weighted by Gasteiger charge is 2.31. The van der Waals surface area contributed by atoms with Crippen molar-refractivity contribution in [3.05, 3.63) is 59.4 Å². The Hall–Kier alpha value is -2.93. The van der Waals surface area contributed by atoms with Crippen LogP contribution >= 0.6 is 0 Å². The molecule has 2 aliphatic rings. The summed E-state index contributed by atoms with van der Waals surface area (Å²) in [4.78, 5) is 20.1. The van der Waals surface area contributed by atoms with Gasteiger partial charge in [0.05, 0.1) is 5.56 Å². The monoisotopic (exact) mass is 448 g/mol. The van der Waals surface area contributed by atoms with E-state index in [9.17, 15) is 4.79 Å². The topological polar surface area (TPSA) is 73.4 Å². The van der Waals surface area contributed by atoms with Gasteiger partial charge in [-0.05, 0) is 51.2 Å². The van der Waals surface area contributed by atoms with Crippen LogP contribution in [0.1, 0.15) is 72.2 Å². The zero-order valence-electron chi connectivity index (χ0n) is 19.5. The van der Waals surface area contributed by atoms with E-state index >= 15 is 0 Å². The molecular weight excluding hydrogens is 416 g/mol. The van der Waals surface area contributed by atoms with E-state index in [0.29, 0.717) is 19.0 Å². The van der Waals surface area contributed by atoms with Crippen LogP contribution in [-0.2, 0) is 11.3 Å². The van der Waals surface area contributed by atoms with Crippen LogP contribution in [-0.4, -0.2) is 51.8 Å². The van der Waals surface area contributed by atoms with Gasteiger partial charge in [-0.15, -0.1) is 0 Å². The van der Waals surface area contributed by atoms with Gasteiger partial charge < -0.3 is 18.7 Å². The number of ether oxygens (including phenoxy) is 1. The third kappa shape index (κ3) is 4.34. The first-order chi connectivity index (χ1) is 16.2. The van der Waals surface area contributed by atoms with Gasteiger partial charge in [0.15, 0.2) is 5.82 Å². The summed E-state index contributed by atoms with van der Waals surface area (Å²) in [5.41, 5.74) is 4.06. The molecule has 0 unspecified atom stereocenters. The van der Waals surface area contributed by atoms with Crippen molar-refractivity contribution in [2.45, 2.75) is 57.9 Å². The maximum Gasteiger partial charge on any atom is 0.255 e. The van der Waals surface area contributed by atoms with Crippen LogP contribution in [0.15, 0.2) is 40.9 Å². The number of carbonyl (C=O) groups is 1. The van der Waals surface area contributed by atoms with E-state index in [1.807, 2.05) is 30.0 Å². The smallest absolute Gasteiger partial charge is 0.255 e. The van der Waals surface area contributed by atoms with Gasteiger partial charge in [-0.25, -0.2) is 0 Å². The molecule has 174 valence electrons. The van der Waals surface area contributed by atoms with Crippen LogP contribution < -0.4 is 0 Å². The van der Waals surface area contributed by atoms with E-state index in [0.717, 1.165) is 79.7 Å². The summed E-state index contributed by atoms with van der Waals surface area (Å²) < 4.78 is 13.3. The third-order valence-corrected chi connectivity index (χ3v) is 7.16. The Morgan fingerprint density at radius 1 is 1.06 bits per heavy atom. The van der Waals surface area contributed by atoms with Crippen LogP contribution in [0, 0.1) is 6.92 Å². The van der Waals surface area contributed by atoms with Crippen molar-refractivity contribution in [1.82, 2.24) is 19.6 Å². The summed E-state index contributed by atoms with van der Waals surface area (Å²) in [7, 11) is 0. The minimum absolute atomic E-state index is 0.115. The van der Waals surface area contributed by atoms with Gasteiger partial charge in [-0.3, -0.25) is 4.79 Å². The molecule has 0 saturated carbocycles. The predicted molar refractivity (Wildman–Crippen MR) is 125 cm³/mol. The van der Waals surface area contributed by atoms with Crippen molar-refractivity contribution < 1.29 is 14.1 Å². The molecule has 1 aromatic carbocycles. The summed E-state index contributed by atoms with van der Waals surface area (Å²) in [5.74, 6) is 2.21. The molecule has 0 radical (unpaired) electrons. The van der Waals surface area contributed by atoms with E-state index in [4.69, 9.17) is 14.2 Å². The summed E-state index contributed by atoms with van der Waals surface area (Å²) in [5, 5.41) is 4.25. The molecule has 2 fully saturated rings. The molecule has 0 bridgehead atoms.